The highest BCUT2D eigenvalue weighted by atomic mass is 79.9. The number of nitrogens with zero attached hydrogens (tertiary/aromatic N) is 4. The summed E-state index contributed by atoms with van der Waals surface area (Å²) in [6.45, 7) is 0. The molecule has 4 aromatic rings. The maximum absolute atomic E-state index is 9.81. The summed E-state index contributed by atoms with van der Waals surface area (Å²) >= 11 is 3.41. The van der Waals surface area contributed by atoms with E-state index in [1.807, 2.05) is 24.3 Å². The fourth-order valence-corrected chi connectivity index (χ4v) is 2.53. The van der Waals surface area contributed by atoms with Gasteiger partial charge in [-0.25, -0.2) is 0 Å². The van der Waals surface area contributed by atoms with Crippen LogP contribution >= 0.6 is 15.9 Å². The summed E-state index contributed by atoms with van der Waals surface area (Å²) in [6, 6.07) is 17.9. The van der Waals surface area contributed by atoms with Crippen LogP contribution in [0.4, 0.5) is 0 Å². The van der Waals surface area contributed by atoms with Crippen molar-refractivity contribution in [2.75, 3.05) is 0 Å². The second-order valence-corrected chi connectivity index (χ2v) is 5.96. The first-order valence-corrected chi connectivity index (χ1v) is 7.94. The van der Waals surface area contributed by atoms with Gasteiger partial charge in [-0.2, -0.15) is 4.52 Å². The van der Waals surface area contributed by atoms with E-state index in [9.17, 15) is 5.11 Å². The van der Waals surface area contributed by atoms with E-state index < -0.39 is 0 Å². The summed E-state index contributed by atoms with van der Waals surface area (Å²) in [5, 5.41) is 22.5. The maximum Gasteiger partial charge on any atom is 0.237 e. The van der Waals surface area contributed by atoms with Gasteiger partial charge in [-0.15, -0.1) is 15.3 Å². The number of aromatic hydroxyl groups is 1. The number of benzene rings is 2. The van der Waals surface area contributed by atoms with Crippen molar-refractivity contribution >= 4 is 21.6 Å². The number of para-hydroxylation sites is 2. The highest BCUT2D eigenvalue weighted by molar-refractivity contribution is 9.10. The predicted molar refractivity (Wildman–Crippen MR) is 92.1 cm³/mol. The molecule has 2 aromatic carbocycles. The molecule has 7 heteroatoms. The molecule has 0 amide bonds. The molecular weight excluding hydrogens is 372 g/mol. The van der Waals surface area contributed by atoms with Gasteiger partial charge in [0.1, 0.15) is 0 Å². The van der Waals surface area contributed by atoms with E-state index in [2.05, 4.69) is 31.2 Å². The molecule has 0 spiro atoms. The van der Waals surface area contributed by atoms with E-state index in [4.69, 9.17) is 4.74 Å². The zero-order valence-electron chi connectivity index (χ0n) is 12.3. The monoisotopic (exact) mass is 382 g/mol. The first-order chi connectivity index (χ1) is 11.7. The molecule has 0 aliphatic heterocycles. The van der Waals surface area contributed by atoms with Crippen LogP contribution in [0, 0.1) is 0 Å². The van der Waals surface area contributed by atoms with Gasteiger partial charge in [0.25, 0.3) is 0 Å². The maximum atomic E-state index is 9.81. The Kier molecular flexibility index (Phi) is 3.62. The largest absolute Gasteiger partial charge is 0.504 e. The number of hydrogen-bond acceptors (Lipinski definition) is 5. The number of phenolic OH excluding ortho intramolecular Hbond substituents is 1. The Morgan fingerprint density at radius 3 is 2.50 bits per heavy atom. The highest BCUT2D eigenvalue weighted by Crippen LogP contribution is 2.29. The molecule has 0 aliphatic carbocycles. The van der Waals surface area contributed by atoms with Crippen LogP contribution < -0.4 is 4.74 Å². The zero-order chi connectivity index (χ0) is 16.5. The Labute approximate surface area is 145 Å². The molecule has 1 N–H and O–H groups in total. The quantitative estimate of drug-likeness (QED) is 0.578. The summed E-state index contributed by atoms with van der Waals surface area (Å²) in [6.07, 6.45) is 0. The molecule has 24 heavy (non-hydrogen) atoms. The minimum absolute atomic E-state index is 0.0521. The topological polar surface area (TPSA) is 72.5 Å². The van der Waals surface area contributed by atoms with E-state index in [0.717, 1.165) is 10.0 Å². The molecular formula is C17H11BrN4O2. The third kappa shape index (κ3) is 2.69. The van der Waals surface area contributed by atoms with Crippen LogP contribution in [0.15, 0.2) is 65.1 Å². The van der Waals surface area contributed by atoms with Crippen molar-refractivity contribution in [2.24, 2.45) is 0 Å². The van der Waals surface area contributed by atoms with Gasteiger partial charge >= 0.3 is 0 Å². The van der Waals surface area contributed by atoms with Crippen LogP contribution in [0.5, 0.6) is 17.4 Å². The Balaban J connectivity index is 1.76. The number of halogens is 1. The molecule has 2 aromatic heterocycles. The first-order valence-electron chi connectivity index (χ1n) is 7.15. The van der Waals surface area contributed by atoms with Crippen molar-refractivity contribution in [3.8, 4) is 28.8 Å². The van der Waals surface area contributed by atoms with Crippen LogP contribution in [-0.4, -0.2) is 24.9 Å². The van der Waals surface area contributed by atoms with Crippen LogP contribution in [0.1, 0.15) is 0 Å². The summed E-state index contributed by atoms with van der Waals surface area (Å²) in [7, 11) is 0. The number of phenols is 1. The van der Waals surface area contributed by atoms with Gasteiger partial charge in [-0.3, -0.25) is 0 Å². The number of rotatable bonds is 3. The molecule has 0 saturated carbocycles. The molecule has 6 nitrogen and oxygen atoms in total. The van der Waals surface area contributed by atoms with Gasteiger partial charge in [0.2, 0.25) is 5.88 Å². The molecule has 0 unspecified atom stereocenters. The zero-order valence-corrected chi connectivity index (χ0v) is 13.9. The molecule has 0 fully saturated rings. The van der Waals surface area contributed by atoms with Gasteiger partial charge in [0.15, 0.2) is 23.0 Å². The van der Waals surface area contributed by atoms with Crippen molar-refractivity contribution < 1.29 is 9.84 Å². The van der Waals surface area contributed by atoms with E-state index >= 15 is 0 Å². The lowest BCUT2D eigenvalue weighted by molar-refractivity contribution is 0.398. The van der Waals surface area contributed by atoms with Crippen LogP contribution in [-0.2, 0) is 0 Å². The smallest absolute Gasteiger partial charge is 0.237 e. The van der Waals surface area contributed by atoms with Crippen molar-refractivity contribution in [3.05, 3.63) is 65.1 Å². The number of aromatic nitrogens is 4. The predicted octanol–water partition coefficient (Wildman–Crippen LogP) is 4.05. The molecule has 0 atom stereocenters. The Hall–Kier alpha value is -2.93. The van der Waals surface area contributed by atoms with Crippen LogP contribution in [0.2, 0.25) is 0 Å². The Bertz CT molecular complexity index is 1010. The summed E-state index contributed by atoms with van der Waals surface area (Å²) < 4.78 is 8.24. The number of hydrogen-bond donors (Lipinski definition) is 1. The third-order valence-electron chi connectivity index (χ3n) is 3.42. The molecule has 0 saturated heterocycles. The van der Waals surface area contributed by atoms with Crippen molar-refractivity contribution in [3.63, 3.8) is 0 Å². The second-order valence-electron chi connectivity index (χ2n) is 5.04. The number of ether oxygens (including phenoxy) is 1. The van der Waals surface area contributed by atoms with E-state index in [0.29, 0.717) is 23.1 Å². The van der Waals surface area contributed by atoms with Gasteiger partial charge in [0, 0.05) is 16.1 Å². The molecule has 0 aliphatic rings. The lowest BCUT2D eigenvalue weighted by Crippen LogP contribution is -1.98. The van der Waals surface area contributed by atoms with Crippen molar-refractivity contribution in [1.82, 2.24) is 19.8 Å². The molecule has 0 bridgehead atoms. The van der Waals surface area contributed by atoms with E-state index in [1.165, 1.54) is 0 Å². The molecule has 2 heterocycles. The Morgan fingerprint density at radius 1 is 0.917 bits per heavy atom. The average molecular weight is 383 g/mol. The van der Waals surface area contributed by atoms with Gasteiger partial charge < -0.3 is 9.84 Å². The minimum Gasteiger partial charge on any atom is -0.504 e. The fourth-order valence-electron chi connectivity index (χ4n) is 2.26. The van der Waals surface area contributed by atoms with Crippen molar-refractivity contribution in [2.45, 2.75) is 0 Å². The lowest BCUT2D eigenvalue weighted by atomic mass is 10.2. The first kappa shape index (κ1) is 14.6. The Morgan fingerprint density at radius 2 is 1.71 bits per heavy atom. The number of fused-ring (bicyclic) bond motifs is 1. The highest BCUT2D eigenvalue weighted by Gasteiger charge is 2.11. The van der Waals surface area contributed by atoms with E-state index in [-0.39, 0.29) is 5.75 Å². The SMILES string of the molecule is Oc1ccccc1Oc1ccc2nnc(-c3ccc(Br)cc3)n2n1. The van der Waals surface area contributed by atoms with E-state index in [1.54, 1.807) is 40.9 Å². The normalized spacial score (nSPS) is 10.9. The summed E-state index contributed by atoms with van der Waals surface area (Å²) in [5.74, 6) is 1.33. The van der Waals surface area contributed by atoms with Crippen LogP contribution in [0.3, 0.4) is 0 Å². The third-order valence-corrected chi connectivity index (χ3v) is 3.95. The van der Waals surface area contributed by atoms with Gasteiger partial charge in [-0.05, 0) is 30.3 Å². The average Bonchev–Trinajstić information content (AvgIpc) is 3.01. The second kappa shape index (κ2) is 5.93. The lowest BCUT2D eigenvalue weighted by Gasteiger charge is -2.07. The minimum atomic E-state index is 0.0521. The summed E-state index contributed by atoms with van der Waals surface area (Å²) in [5.41, 5.74) is 1.50. The fraction of sp³-hybridized carbons (Fsp3) is 0. The van der Waals surface area contributed by atoms with Gasteiger partial charge in [0.05, 0.1) is 0 Å². The van der Waals surface area contributed by atoms with Crippen molar-refractivity contribution in [1.29, 1.82) is 0 Å². The van der Waals surface area contributed by atoms with Crippen LogP contribution in [0.25, 0.3) is 17.0 Å². The van der Waals surface area contributed by atoms with Gasteiger partial charge in [-0.1, -0.05) is 40.2 Å². The molecule has 0 radical (unpaired) electrons. The molecule has 4 rings (SSSR count). The standard InChI is InChI=1S/C17H11BrN4O2/c18-12-7-5-11(6-8-12)17-20-19-15-9-10-16(21-22(15)17)24-14-4-2-1-3-13(14)23/h1-10,23H. The summed E-state index contributed by atoms with van der Waals surface area (Å²) in [4.78, 5) is 0. The molecule has 118 valence electrons.